The highest BCUT2D eigenvalue weighted by Gasteiger charge is 2.28. The average Bonchev–Trinajstić information content (AvgIpc) is 3.26. The van der Waals surface area contributed by atoms with Gasteiger partial charge in [-0.05, 0) is 35.4 Å². The van der Waals surface area contributed by atoms with E-state index < -0.39 is 11.8 Å². The van der Waals surface area contributed by atoms with Gasteiger partial charge in [-0.15, -0.1) is 0 Å². The van der Waals surface area contributed by atoms with Gasteiger partial charge >= 0.3 is 0 Å². The average molecular weight is 326 g/mol. The van der Waals surface area contributed by atoms with Crippen LogP contribution in [0.4, 0.5) is 0 Å². The smallest absolute Gasteiger partial charge is 0.231 e. The Labute approximate surface area is 137 Å². The molecule has 0 fully saturated rings. The van der Waals surface area contributed by atoms with Crippen LogP contribution >= 0.6 is 0 Å². The lowest BCUT2D eigenvalue weighted by molar-refractivity contribution is -0.114. The first kappa shape index (κ1) is 14.6. The number of aldehydes is 2. The molecule has 0 radical (unpaired) electrons. The summed E-state index contributed by atoms with van der Waals surface area (Å²) >= 11 is 0. The molecule has 0 amide bonds. The van der Waals surface area contributed by atoms with Crippen molar-refractivity contribution in [1.29, 1.82) is 0 Å². The van der Waals surface area contributed by atoms with E-state index in [0.29, 0.717) is 34.1 Å². The van der Waals surface area contributed by atoms with Crippen molar-refractivity contribution in [3.05, 3.63) is 47.5 Å². The number of carbonyl (C=O) groups excluding carboxylic acids is 2. The SMILES string of the molecule is O=CC(c1ccc2c(c1)OCO2)C(C=O)c1ccc2c(c1)OCO2. The predicted molar refractivity (Wildman–Crippen MR) is 82.7 cm³/mol. The summed E-state index contributed by atoms with van der Waals surface area (Å²) in [4.78, 5) is 23.5. The second kappa shape index (κ2) is 5.88. The van der Waals surface area contributed by atoms with Crippen LogP contribution in [0, 0.1) is 0 Å². The third kappa shape index (κ3) is 2.36. The van der Waals surface area contributed by atoms with Gasteiger partial charge in [0, 0.05) is 0 Å². The molecule has 0 spiro atoms. The minimum atomic E-state index is -0.627. The summed E-state index contributed by atoms with van der Waals surface area (Å²) < 4.78 is 21.3. The summed E-state index contributed by atoms with van der Waals surface area (Å²) in [6.07, 6.45) is 1.56. The zero-order chi connectivity index (χ0) is 16.5. The second-order valence-corrected chi connectivity index (χ2v) is 5.55. The monoisotopic (exact) mass is 326 g/mol. The van der Waals surface area contributed by atoms with Crippen molar-refractivity contribution < 1.29 is 28.5 Å². The molecule has 2 atom stereocenters. The van der Waals surface area contributed by atoms with Crippen LogP contribution in [0.2, 0.25) is 0 Å². The molecule has 0 aromatic heterocycles. The van der Waals surface area contributed by atoms with Crippen molar-refractivity contribution in [2.75, 3.05) is 13.6 Å². The first-order chi connectivity index (χ1) is 11.8. The zero-order valence-corrected chi connectivity index (χ0v) is 12.6. The molecule has 4 rings (SSSR count). The van der Waals surface area contributed by atoms with Crippen molar-refractivity contribution in [3.8, 4) is 23.0 Å². The van der Waals surface area contributed by atoms with E-state index in [2.05, 4.69) is 0 Å². The maximum Gasteiger partial charge on any atom is 0.231 e. The lowest BCUT2D eigenvalue weighted by atomic mass is 9.83. The van der Waals surface area contributed by atoms with Gasteiger partial charge < -0.3 is 28.5 Å². The maximum absolute atomic E-state index is 11.7. The molecule has 0 N–H and O–H groups in total. The van der Waals surface area contributed by atoms with Gasteiger partial charge in [0.2, 0.25) is 13.6 Å². The summed E-state index contributed by atoms with van der Waals surface area (Å²) in [5.41, 5.74) is 1.40. The Morgan fingerprint density at radius 3 is 1.50 bits per heavy atom. The standard InChI is InChI=1S/C18H14O6/c19-7-13(11-1-3-15-17(5-11)23-9-21-15)14(8-20)12-2-4-16-18(6-12)24-10-22-16/h1-8,13-14H,9-10H2. The molecule has 0 aliphatic carbocycles. The largest absolute Gasteiger partial charge is 0.454 e. The van der Waals surface area contributed by atoms with Crippen molar-refractivity contribution in [2.24, 2.45) is 0 Å². The Morgan fingerprint density at radius 1 is 0.667 bits per heavy atom. The van der Waals surface area contributed by atoms with Crippen molar-refractivity contribution >= 4 is 12.6 Å². The molecule has 2 aliphatic rings. The number of hydrogen-bond donors (Lipinski definition) is 0. The number of ether oxygens (including phenoxy) is 4. The molecule has 24 heavy (non-hydrogen) atoms. The van der Waals surface area contributed by atoms with Gasteiger partial charge in [-0.1, -0.05) is 12.1 Å². The molecule has 2 heterocycles. The first-order valence-corrected chi connectivity index (χ1v) is 7.50. The van der Waals surface area contributed by atoms with Crippen LogP contribution in [0.25, 0.3) is 0 Å². The summed E-state index contributed by atoms with van der Waals surface area (Å²) in [5.74, 6) is 1.17. The number of rotatable bonds is 5. The van der Waals surface area contributed by atoms with E-state index in [1.807, 2.05) is 0 Å². The fourth-order valence-corrected chi connectivity index (χ4v) is 2.98. The topological polar surface area (TPSA) is 71.1 Å². The molecule has 0 bridgehead atoms. The highest BCUT2D eigenvalue weighted by molar-refractivity contribution is 5.76. The fraction of sp³-hybridized carbons (Fsp3) is 0.222. The van der Waals surface area contributed by atoms with Crippen LogP contribution in [-0.2, 0) is 9.59 Å². The Kier molecular flexibility index (Phi) is 3.57. The Morgan fingerprint density at radius 2 is 1.08 bits per heavy atom. The van der Waals surface area contributed by atoms with E-state index in [9.17, 15) is 9.59 Å². The van der Waals surface area contributed by atoms with E-state index in [1.54, 1.807) is 36.4 Å². The van der Waals surface area contributed by atoms with E-state index in [1.165, 1.54) is 0 Å². The minimum Gasteiger partial charge on any atom is -0.454 e. The fourth-order valence-electron chi connectivity index (χ4n) is 2.98. The molecular weight excluding hydrogens is 312 g/mol. The van der Waals surface area contributed by atoms with Gasteiger partial charge in [0.1, 0.15) is 12.6 Å². The van der Waals surface area contributed by atoms with Crippen molar-refractivity contribution in [3.63, 3.8) is 0 Å². The van der Waals surface area contributed by atoms with Gasteiger partial charge in [0.15, 0.2) is 23.0 Å². The van der Waals surface area contributed by atoms with E-state index >= 15 is 0 Å². The third-order valence-electron chi connectivity index (χ3n) is 4.24. The van der Waals surface area contributed by atoms with Gasteiger partial charge in [-0.2, -0.15) is 0 Å². The summed E-state index contributed by atoms with van der Waals surface area (Å²) in [6.45, 7) is 0.313. The second-order valence-electron chi connectivity index (χ2n) is 5.55. The van der Waals surface area contributed by atoms with E-state index in [-0.39, 0.29) is 13.6 Å². The molecule has 2 aromatic rings. The van der Waals surface area contributed by atoms with Crippen LogP contribution in [0.3, 0.4) is 0 Å². The predicted octanol–water partition coefficient (Wildman–Crippen LogP) is 2.41. The Balaban J connectivity index is 1.70. The number of fused-ring (bicyclic) bond motifs is 2. The molecule has 6 nitrogen and oxygen atoms in total. The van der Waals surface area contributed by atoms with Crippen LogP contribution in [0.1, 0.15) is 23.0 Å². The molecule has 122 valence electrons. The van der Waals surface area contributed by atoms with Gasteiger partial charge in [-0.25, -0.2) is 0 Å². The quantitative estimate of drug-likeness (QED) is 0.786. The van der Waals surface area contributed by atoms with E-state index in [4.69, 9.17) is 18.9 Å². The Bertz CT molecular complexity index is 733. The molecule has 2 aromatic carbocycles. The third-order valence-corrected chi connectivity index (χ3v) is 4.24. The maximum atomic E-state index is 11.7. The van der Waals surface area contributed by atoms with Crippen LogP contribution in [0.5, 0.6) is 23.0 Å². The normalized spacial score (nSPS) is 16.5. The summed E-state index contributed by atoms with van der Waals surface area (Å²) in [6, 6.07) is 10.5. The highest BCUT2D eigenvalue weighted by atomic mass is 16.7. The van der Waals surface area contributed by atoms with Crippen molar-refractivity contribution in [1.82, 2.24) is 0 Å². The van der Waals surface area contributed by atoms with Crippen molar-refractivity contribution in [2.45, 2.75) is 11.8 Å². The zero-order valence-electron chi connectivity index (χ0n) is 12.6. The van der Waals surface area contributed by atoms with Gasteiger partial charge in [0.05, 0.1) is 11.8 Å². The lowest BCUT2D eigenvalue weighted by Gasteiger charge is -2.19. The van der Waals surface area contributed by atoms with E-state index in [0.717, 1.165) is 12.6 Å². The summed E-state index contributed by atoms with van der Waals surface area (Å²) in [7, 11) is 0. The molecular formula is C18H14O6. The molecule has 2 aliphatic heterocycles. The molecule has 0 saturated heterocycles. The number of carbonyl (C=O) groups is 2. The number of hydrogen-bond acceptors (Lipinski definition) is 6. The lowest BCUT2D eigenvalue weighted by Crippen LogP contribution is -2.14. The van der Waals surface area contributed by atoms with Crippen LogP contribution in [0.15, 0.2) is 36.4 Å². The minimum absolute atomic E-state index is 0.157. The van der Waals surface area contributed by atoms with Gasteiger partial charge in [-0.3, -0.25) is 0 Å². The Hall–Kier alpha value is -3.02. The first-order valence-electron chi connectivity index (χ1n) is 7.50. The highest BCUT2D eigenvalue weighted by Crippen LogP contribution is 2.40. The summed E-state index contributed by atoms with van der Waals surface area (Å²) in [5, 5.41) is 0. The van der Waals surface area contributed by atoms with Crippen LogP contribution < -0.4 is 18.9 Å². The molecule has 2 unspecified atom stereocenters. The molecule has 6 heteroatoms. The number of benzene rings is 2. The molecule has 0 saturated carbocycles. The van der Waals surface area contributed by atoms with Gasteiger partial charge in [0.25, 0.3) is 0 Å². The van der Waals surface area contributed by atoms with Crippen LogP contribution in [-0.4, -0.2) is 26.2 Å².